The highest BCUT2D eigenvalue weighted by molar-refractivity contribution is 7.14. The van der Waals surface area contributed by atoms with Crippen molar-refractivity contribution in [2.24, 2.45) is 5.92 Å². The average molecular weight is 311 g/mol. The second-order valence-corrected chi connectivity index (χ2v) is 7.05. The molecule has 0 atom stereocenters. The van der Waals surface area contributed by atoms with Gasteiger partial charge in [0.1, 0.15) is 0 Å². The smallest absolute Gasteiger partial charge is 0.264 e. The highest BCUT2D eigenvalue weighted by Gasteiger charge is 2.20. The number of hydrogen-bond donors (Lipinski definition) is 1. The molecule has 1 aromatic rings. The van der Waals surface area contributed by atoms with Crippen LogP contribution >= 0.6 is 11.3 Å². The molecule has 0 aliphatic heterocycles. The van der Waals surface area contributed by atoms with Gasteiger partial charge in [-0.15, -0.1) is 11.3 Å². The van der Waals surface area contributed by atoms with Crippen LogP contribution in [0.25, 0.3) is 0 Å². The number of amides is 1. The van der Waals surface area contributed by atoms with E-state index in [1.165, 1.54) is 11.3 Å². The Bertz CT molecular complexity index is 433. The fraction of sp³-hybridized carbons (Fsp3) is 0.688. The van der Waals surface area contributed by atoms with Gasteiger partial charge in [0, 0.05) is 30.2 Å². The Labute approximate surface area is 132 Å². The zero-order valence-electron chi connectivity index (χ0n) is 14.0. The lowest BCUT2D eigenvalue weighted by Gasteiger charge is -2.27. The van der Waals surface area contributed by atoms with Gasteiger partial charge >= 0.3 is 0 Å². The molecule has 2 N–H and O–H groups in total. The van der Waals surface area contributed by atoms with Crippen LogP contribution in [0.4, 0.5) is 5.69 Å². The van der Waals surface area contributed by atoms with E-state index in [-0.39, 0.29) is 5.91 Å². The molecule has 21 heavy (non-hydrogen) atoms. The van der Waals surface area contributed by atoms with E-state index in [9.17, 15) is 4.79 Å². The van der Waals surface area contributed by atoms with Gasteiger partial charge in [-0.05, 0) is 32.0 Å². The predicted molar refractivity (Wildman–Crippen MR) is 92.0 cm³/mol. The van der Waals surface area contributed by atoms with Gasteiger partial charge in [-0.25, -0.2) is 0 Å². The van der Waals surface area contributed by atoms with Crippen LogP contribution in [0.5, 0.6) is 0 Å². The van der Waals surface area contributed by atoms with Gasteiger partial charge in [-0.3, -0.25) is 4.79 Å². The van der Waals surface area contributed by atoms with E-state index in [2.05, 4.69) is 32.6 Å². The fourth-order valence-corrected chi connectivity index (χ4v) is 3.18. The summed E-state index contributed by atoms with van der Waals surface area (Å²) in [6.07, 6.45) is 0. The number of thiophene rings is 1. The molecule has 0 radical (unpaired) electrons. The summed E-state index contributed by atoms with van der Waals surface area (Å²) in [6.45, 7) is 15.1. The second-order valence-electron chi connectivity index (χ2n) is 5.79. The number of aryl methyl sites for hydroxylation is 1. The maximum Gasteiger partial charge on any atom is 0.264 e. The lowest BCUT2D eigenvalue weighted by molar-refractivity contribution is 0.0721. The van der Waals surface area contributed by atoms with E-state index < -0.39 is 0 Å². The van der Waals surface area contributed by atoms with Gasteiger partial charge in [-0.2, -0.15) is 0 Å². The minimum Gasteiger partial charge on any atom is -0.398 e. The van der Waals surface area contributed by atoms with E-state index in [0.29, 0.717) is 5.92 Å². The molecule has 0 saturated carbocycles. The number of carbonyl (C=O) groups is 1. The van der Waals surface area contributed by atoms with Crippen molar-refractivity contribution in [3.05, 3.63) is 15.8 Å². The molecular formula is C16H29N3OS. The van der Waals surface area contributed by atoms with Gasteiger partial charge in [0.15, 0.2) is 0 Å². The Morgan fingerprint density at radius 2 is 1.90 bits per heavy atom. The molecule has 0 aliphatic carbocycles. The lowest BCUT2D eigenvalue weighted by atomic mass is 10.2. The molecule has 1 heterocycles. The van der Waals surface area contributed by atoms with Crippen LogP contribution in [0.2, 0.25) is 0 Å². The molecule has 0 aliphatic rings. The summed E-state index contributed by atoms with van der Waals surface area (Å²) in [5, 5.41) is 0. The lowest BCUT2D eigenvalue weighted by Crippen LogP contribution is -2.40. The molecule has 1 aromatic heterocycles. The largest absolute Gasteiger partial charge is 0.398 e. The summed E-state index contributed by atoms with van der Waals surface area (Å²) in [4.78, 5) is 18.8. The Kier molecular flexibility index (Phi) is 7.18. The van der Waals surface area contributed by atoms with E-state index in [1.54, 1.807) is 0 Å². The zero-order valence-corrected chi connectivity index (χ0v) is 14.8. The second kappa shape index (κ2) is 8.39. The van der Waals surface area contributed by atoms with Crippen LogP contribution in [0.1, 0.15) is 42.2 Å². The van der Waals surface area contributed by atoms with E-state index in [4.69, 9.17) is 5.73 Å². The van der Waals surface area contributed by atoms with E-state index >= 15 is 0 Å². The van der Waals surface area contributed by atoms with Crippen LogP contribution in [0.15, 0.2) is 6.07 Å². The Morgan fingerprint density at radius 3 is 2.33 bits per heavy atom. The highest BCUT2D eigenvalue weighted by atomic mass is 32.1. The number of hydrogen-bond acceptors (Lipinski definition) is 4. The van der Waals surface area contributed by atoms with Crippen LogP contribution in [0.3, 0.4) is 0 Å². The average Bonchev–Trinajstić information content (AvgIpc) is 2.77. The third-order valence-corrected chi connectivity index (χ3v) is 4.67. The van der Waals surface area contributed by atoms with Crippen LogP contribution < -0.4 is 5.73 Å². The number of likely N-dealkylation sites (N-methyl/N-ethyl adjacent to an activating group) is 1. The summed E-state index contributed by atoms with van der Waals surface area (Å²) in [7, 11) is 0. The number of nitrogens with two attached hydrogens (primary N) is 1. The minimum atomic E-state index is 0.112. The van der Waals surface area contributed by atoms with Gasteiger partial charge in [0.05, 0.1) is 4.88 Å². The van der Waals surface area contributed by atoms with Crippen molar-refractivity contribution < 1.29 is 4.79 Å². The fourth-order valence-electron chi connectivity index (χ4n) is 2.28. The van der Waals surface area contributed by atoms with Crippen LogP contribution in [0, 0.1) is 12.8 Å². The first-order valence-corrected chi connectivity index (χ1v) is 8.58. The molecule has 0 saturated heterocycles. The van der Waals surface area contributed by atoms with E-state index in [1.807, 2.05) is 17.9 Å². The number of nitrogen functional groups attached to an aromatic ring is 1. The van der Waals surface area contributed by atoms with Crippen molar-refractivity contribution in [3.63, 3.8) is 0 Å². The highest BCUT2D eigenvalue weighted by Crippen LogP contribution is 2.24. The predicted octanol–water partition coefficient (Wildman–Crippen LogP) is 3.08. The monoisotopic (exact) mass is 311 g/mol. The summed E-state index contributed by atoms with van der Waals surface area (Å²) in [5.74, 6) is 0.574. The summed E-state index contributed by atoms with van der Waals surface area (Å²) in [6, 6.07) is 1.81. The first kappa shape index (κ1) is 18.0. The number of rotatable bonds is 8. The number of anilines is 1. The molecule has 4 nitrogen and oxygen atoms in total. The number of nitrogens with zero attached hydrogens (tertiary/aromatic N) is 2. The molecule has 0 unspecified atom stereocenters. The molecule has 0 aromatic carbocycles. The van der Waals surface area contributed by atoms with Crippen molar-refractivity contribution in [1.29, 1.82) is 0 Å². The minimum absolute atomic E-state index is 0.112. The van der Waals surface area contributed by atoms with Crippen molar-refractivity contribution in [1.82, 2.24) is 9.80 Å². The maximum atomic E-state index is 12.7. The molecule has 5 heteroatoms. The standard InChI is InChI=1S/C16H29N3OS/c1-6-18(7-2)8-9-19(11-12(3)4)16(20)15-10-14(17)13(5)21-15/h10,12H,6-9,11,17H2,1-5H3. The zero-order chi connectivity index (χ0) is 16.0. The molecule has 0 spiro atoms. The molecule has 1 amide bonds. The third-order valence-electron chi connectivity index (χ3n) is 3.62. The van der Waals surface area contributed by atoms with Crippen molar-refractivity contribution in [2.45, 2.75) is 34.6 Å². The normalized spacial score (nSPS) is 11.4. The molecular weight excluding hydrogens is 282 g/mol. The van der Waals surface area contributed by atoms with Gasteiger partial charge in [0.25, 0.3) is 5.91 Å². The van der Waals surface area contributed by atoms with Gasteiger partial charge < -0.3 is 15.5 Å². The molecule has 0 fully saturated rings. The van der Waals surface area contributed by atoms with Crippen molar-refractivity contribution >= 4 is 22.9 Å². The SMILES string of the molecule is CCN(CC)CCN(CC(C)C)C(=O)c1cc(N)c(C)s1. The summed E-state index contributed by atoms with van der Waals surface area (Å²) >= 11 is 1.49. The summed E-state index contributed by atoms with van der Waals surface area (Å²) < 4.78 is 0. The Hall–Kier alpha value is -1.07. The van der Waals surface area contributed by atoms with Gasteiger partial charge in [0.2, 0.25) is 0 Å². The van der Waals surface area contributed by atoms with Crippen molar-refractivity contribution in [2.75, 3.05) is 38.5 Å². The van der Waals surface area contributed by atoms with Crippen molar-refractivity contribution in [3.8, 4) is 0 Å². The van der Waals surface area contributed by atoms with E-state index in [0.717, 1.165) is 48.2 Å². The Morgan fingerprint density at radius 1 is 1.29 bits per heavy atom. The van der Waals surface area contributed by atoms with Crippen LogP contribution in [-0.4, -0.2) is 48.4 Å². The Balaban J connectivity index is 2.78. The first-order chi connectivity index (χ1) is 9.88. The number of carbonyl (C=O) groups excluding carboxylic acids is 1. The maximum absolute atomic E-state index is 12.7. The molecule has 120 valence electrons. The topological polar surface area (TPSA) is 49.6 Å². The molecule has 0 bridgehead atoms. The van der Waals surface area contributed by atoms with Gasteiger partial charge in [-0.1, -0.05) is 27.7 Å². The quantitative estimate of drug-likeness (QED) is 0.802. The van der Waals surface area contributed by atoms with Crippen LogP contribution in [-0.2, 0) is 0 Å². The third kappa shape index (κ3) is 5.32. The molecule has 1 rings (SSSR count). The first-order valence-electron chi connectivity index (χ1n) is 7.76. The summed E-state index contributed by atoms with van der Waals surface area (Å²) in [5.41, 5.74) is 6.60.